The van der Waals surface area contributed by atoms with Gasteiger partial charge in [-0.3, -0.25) is 10.1 Å². The third kappa shape index (κ3) is 3.67. The van der Waals surface area contributed by atoms with Crippen LogP contribution in [0.15, 0.2) is 33.6 Å². The first-order valence-corrected chi connectivity index (χ1v) is 6.98. The predicted molar refractivity (Wildman–Crippen MR) is 63.8 cm³/mol. The van der Waals surface area contributed by atoms with Crippen LogP contribution in [0.1, 0.15) is 6.92 Å². The highest BCUT2D eigenvalue weighted by molar-refractivity contribution is 9.10. The van der Waals surface area contributed by atoms with Crippen LogP contribution in [0.3, 0.4) is 0 Å². The fraction of sp³-hybridized carbons (Fsp3) is 0.333. The monoisotopic (exact) mass is 359 g/mol. The second kappa shape index (κ2) is 5.47. The van der Waals surface area contributed by atoms with Gasteiger partial charge in [-0.2, -0.15) is 8.42 Å². The Hall–Kier alpha value is -1.13. The van der Waals surface area contributed by atoms with Crippen LogP contribution < -0.4 is 0 Å². The molecule has 0 spiro atoms. The standard InChI is InChI=1S/C9H8BrF2NO5S/c1-6(9(11,12)13(14)15)18-19(16,17)8-4-2-7(10)3-5-8/h2-6H,1H3/t6-/m0/s1. The summed E-state index contributed by atoms with van der Waals surface area (Å²) >= 11 is 3.07. The molecule has 0 saturated carbocycles. The lowest BCUT2D eigenvalue weighted by atomic mass is 10.4. The van der Waals surface area contributed by atoms with Crippen molar-refractivity contribution in [2.75, 3.05) is 0 Å². The summed E-state index contributed by atoms with van der Waals surface area (Å²) in [6.45, 7) is 0.610. The van der Waals surface area contributed by atoms with Crippen molar-refractivity contribution < 1.29 is 26.3 Å². The van der Waals surface area contributed by atoms with Gasteiger partial charge in [0.15, 0.2) is 0 Å². The molecule has 6 nitrogen and oxygen atoms in total. The number of alkyl halides is 2. The van der Waals surface area contributed by atoms with Gasteiger partial charge in [0.25, 0.3) is 10.1 Å². The highest BCUT2D eigenvalue weighted by Gasteiger charge is 2.53. The second-order valence-corrected chi connectivity index (χ2v) is 5.98. The molecule has 0 bridgehead atoms. The van der Waals surface area contributed by atoms with Gasteiger partial charge in [-0.25, -0.2) is 4.18 Å². The van der Waals surface area contributed by atoms with E-state index in [1.165, 1.54) is 12.1 Å². The van der Waals surface area contributed by atoms with Crippen molar-refractivity contribution in [3.05, 3.63) is 38.9 Å². The van der Waals surface area contributed by atoms with Gasteiger partial charge in [0, 0.05) is 4.47 Å². The Balaban J connectivity index is 2.98. The lowest BCUT2D eigenvalue weighted by Crippen LogP contribution is -2.41. The molecule has 0 aliphatic rings. The van der Waals surface area contributed by atoms with E-state index in [0.717, 1.165) is 12.1 Å². The zero-order valence-corrected chi connectivity index (χ0v) is 11.8. The lowest BCUT2D eigenvalue weighted by Gasteiger charge is -2.15. The SMILES string of the molecule is C[C@H](OS(=O)(=O)c1ccc(Br)cc1)C(F)(F)[N+](=O)[O-]. The molecular formula is C9H8BrF2NO5S. The Bertz CT molecular complexity index is 575. The van der Waals surface area contributed by atoms with E-state index in [0.29, 0.717) is 11.4 Å². The van der Waals surface area contributed by atoms with Crippen LogP contribution >= 0.6 is 15.9 Å². The third-order valence-electron chi connectivity index (χ3n) is 2.11. The Morgan fingerprint density at radius 3 is 2.26 bits per heavy atom. The molecule has 0 aliphatic heterocycles. The molecule has 0 heterocycles. The average Bonchev–Trinajstić information content (AvgIpc) is 2.28. The van der Waals surface area contributed by atoms with E-state index in [2.05, 4.69) is 20.1 Å². The summed E-state index contributed by atoms with van der Waals surface area (Å²) in [5, 5.41) is 10.1. The number of nitrogens with zero attached hydrogens (tertiary/aromatic N) is 1. The van der Waals surface area contributed by atoms with Gasteiger partial charge in [-0.1, -0.05) is 15.9 Å². The van der Waals surface area contributed by atoms with Gasteiger partial charge in [0.05, 0.1) is 9.82 Å². The minimum Gasteiger partial charge on any atom is -0.259 e. The molecule has 0 N–H and O–H groups in total. The number of rotatable bonds is 5. The summed E-state index contributed by atoms with van der Waals surface area (Å²) in [4.78, 5) is 7.84. The molecule has 0 unspecified atom stereocenters. The maximum atomic E-state index is 13.0. The van der Waals surface area contributed by atoms with Gasteiger partial charge >= 0.3 is 6.05 Å². The molecule has 1 rings (SSSR count). The van der Waals surface area contributed by atoms with E-state index in [4.69, 9.17) is 0 Å². The summed E-state index contributed by atoms with van der Waals surface area (Å²) < 4.78 is 53.9. The first kappa shape index (κ1) is 15.9. The van der Waals surface area contributed by atoms with Crippen LogP contribution in [-0.2, 0) is 14.3 Å². The Morgan fingerprint density at radius 1 is 1.37 bits per heavy atom. The largest absolute Gasteiger partial charge is 0.538 e. The van der Waals surface area contributed by atoms with Gasteiger partial charge in [-0.05, 0) is 31.2 Å². The molecule has 0 amide bonds. The quantitative estimate of drug-likeness (QED) is 0.348. The van der Waals surface area contributed by atoms with Crippen LogP contribution in [0.5, 0.6) is 0 Å². The van der Waals surface area contributed by atoms with E-state index in [-0.39, 0.29) is 4.90 Å². The molecule has 0 fully saturated rings. The third-order valence-corrected chi connectivity index (χ3v) is 4.03. The van der Waals surface area contributed by atoms with E-state index in [1.807, 2.05) is 0 Å². The van der Waals surface area contributed by atoms with Crippen molar-refractivity contribution in [1.82, 2.24) is 0 Å². The second-order valence-electron chi connectivity index (χ2n) is 3.49. The van der Waals surface area contributed by atoms with E-state index >= 15 is 0 Å². The molecule has 10 heteroatoms. The molecule has 106 valence electrons. The predicted octanol–water partition coefficient (Wildman–Crippen LogP) is 2.41. The molecule has 19 heavy (non-hydrogen) atoms. The molecular weight excluding hydrogens is 352 g/mol. The maximum absolute atomic E-state index is 13.0. The van der Waals surface area contributed by atoms with Crippen molar-refractivity contribution in [3.63, 3.8) is 0 Å². The maximum Gasteiger partial charge on any atom is 0.538 e. The van der Waals surface area contributed by atoms with E-state index in [1.54, 1.807) is 0 Å². The average molecular weight is 360 g/mol. The molecule has 1 aromatic rings. The normalized spacial score (nSPS) is 14.1. The van der Waals surface area contributed by atoms with Gasteiger partial charge in [0.2, 0.25) is 6.10 Å². The van der Waals surface area contributed by atoms with Gasteiger partial charge in [0.1, 0.15) is 0 Å². The van der Waals surface area contributed by atoms with Gasteiger partial charge < -0.3 is 0 Å². The number of nitro groups is 1. The summed E-state index contributed by atoms with van der Waals surface area (Å²) in [5.74, 6) is 0. The summed E-state index contributed by atoms with van der Waals surface area (Å²) in [6, 6.07) is 0.481. The Kier molecular flexibility index (Phi) is 4.59. The van der Waals surface area contributed by atoms with Crippen LogP contribution in [0.25, 0.3) is 0 Å². The molecule has 0 radical (unpaired) electrons. The van der Waals surface area contributed by atoms with E-state index in [9.17, 15) is 27.3 Å². The summed E-state index contributed by atoms with van der Waals surface area (Å²) in [6.07, 6.45) is -2.42. The lowest BCUT2D eigenvalue weighted by molar-refractivity contribution is -0.654. The highest BCUT2D eigenvalue weighted by atomic mass is 79.9. The molecule has 0 aliphatic carbocycles. The number of hydrogen-bond acceptors (Lipinski definition) is 5. The topological polar surface area (TPSA) is 86.5 Å². The van der Waals surface area contributed by atoms with Crippen molar-refractivity contribution in [2.24, 2.45) is 0 Å². The van der Waals surface area contributed by atoms with Crippen molar-refractivity contribution in [3.8, 4) is 0 Å². The minimum absolute atomic E-state index is 0.373. The van der Waals surface area contributed by atoms with Crippen molar-refractivity contribution >= 4 is 26.0 Å². The fourth-order valence-electron chi connectivity index (χ4n) is 1.05. The van der Waals surface area contributed by atoms with Gasteiger partial charge in [-0.15, -0.1) is 8.78 Å². The zero-order chi connectivity index (χ0) is 14.8. The molecule has 1 aromatic carbocycles. The summed E-state index contributed by atoms with van der Waals surface area (Å²) in [5.41, 5.74) is 0. The number of hydrogen-bond donors (Lipinski definition) is 0. The number of halogens is 3. The highest BCUT2D eigenvalue weighted by Crippen LogP contribution is 2.26. The molecule has 1 atom stereocenters. The zero-order valence-electron chi connectivity index (χ0n) is 9.42. The van der Waals surface area contributed by atoms with E-state index < -0.39 is 27.2 Å². The van der Waals surface area contributed by atoms with Crippen LogP contribution in [0.4, 0.5) is 8.78 Å². The smallest absolute Gasteiger partial charge is 0.259 e. The van der Waals surface area contributed by atoms with Crippen LogP contribution in [0, 0.1) is 10.1 Å². The van der Waals surface area contributed by atoms with Crippen molar-refractivity contribution in [2.45, 2.75) is 24.0 Å². The fourth-order valence-corrected chi connectivity index (χ4v) is 2.39. The summed E-state index contributed by atoms with van der Waals surface area (Å²) in [7, 11) is -4.50. The Labute approximate surface area is 115 Å². The molecule has 0 aromatic heterocycles. The van der Waals surface area contributed by atoms with Crippen LogP contribution in [0.2, 0.25) is 0 Å². The molecule has 0 saturated heterocycles. The first-order valence-electron chi connectivity index (χ1n) is 4.78. The van der Waals surface area contributed by atoms with Crippen LogP contribution in [-0.4, -0.2) is 25.5 Å². The Morgan fingerprint density at radius 2 is 1.84 bits per heavy atom. The minimum atomic E-state index is -4.50. The van der Waals surface area contributed by atoms with Crippen molar-refractivity contribution in [1.29, 1.82) is 0 Å². The number of benzene rings is 1. The first-order chi connectivity index (χ1) is 8.57.